The van der Waals surface area contributed by atoms with Crippen molar-refractivity contribution in [2.24, 2.45) is 0 Å². The summed E-state index contributed by atoms with van der Waals surface area (Å²) in [6, 6.07) is 21.0. The van der Waals surface area contributed by atoms with Gasteiger partial charge in [-0.25, -0.2) is 0 Å². The van der Waals surface area contributed by atoms with Crippen LogP contribution in [-0.2, 0) is 0 Å². The summed E-state index contributed by atoms with van der Waals surface area (Å²) in [5, 5.41) is 14.5. The van der Waals surface area contributed by atoms with Crippen LogP contribution in [0.1, 0.15) is 37.4 Å². The highest BCUT2D eigenvalue weighted by atomic mass is 16.2. The molecule has 2 N–H and O–H groups in total. The number of hydrogen-bond acceptors (Lipinski definition) is 3. The second-order valence-corrected chi connectivity index (χ2v) is 6.55. The molecule has 28 heavy (non-hydrogen) atoms. The molecular weight excluding hydrogens is 350 g/mol. The highest BCUT2D eigenvalue weighted by Gasteiger charge is 2.10. The molecule has 5 heteroatoms. The number of nitrogens with one attached hydrogen (secondary N) is 2. The van der Waals surface area contributed by atoms with Crippen molar-refractivity contribution in [3.8, 4) is 6.07 Å². The summed E-state index contributed by atoms with van der Waals surface area (Å²) in [4.78, 5) is 24.8. The van der Waals surface area contributed by atoms with Crippen LogP contribution in [0.3, 0.4) is 0 Å². The summed E-state index contributed by atoms with van der Waals surface area (Å²) in [6.45, 7) is 3.95. The van der Waals surface area contributed by atoms with Gasteiger partial charge in [0.05, 0.1) is 11.6 Å². The summed E-state index contributed by atoms with van der Waals surface area (Å²) in [6.07, 6.45) is 0. The summed E-state index contributed by atoms with van der Waals surface area (Å²) in [7, 11) is 0. The van der Waals surface area contributed by atoms with Crippen LogP contribution in [0, 0.1) is 25.2 Å². The molecule has 0 saturated carbocycles. The van der Waals surface area contributed by atoms with Crippen molar-refractivity contribution in [3.05, 3.63) is 94.5 Å². The first-order chi connectivity index (χ1) is 13.4. The Morgan fingerprint density at radius 1 is 0.750 bits per heavy atom. The van der Waals surface area contributed by atoms with Gasteiger partial charge in [-0.05, 0) is 79.6 Å². The SMILES string of the molecule is Cc1cc(C)cc(NC(=O)c2ccc(C(=O)Nc3cccc(C#N)c3)cc2)c1. The maximum absolute atomic E-state index is 12.4. The minimum absolute atomic E-state index is 0.237. The molecule has 3 aromatic rings. The molecule has 3 rings (SSSR count). The molecule has 5 nitrogen and oxygen atoms in total. The average Bonchev–Trinajstić information content (AvgIpc) is 2.67. The molecule has 3 aromatic carbocycles. The number of carbonyl (C=O) groups is 2. The van der Waals surface area contributed by atoms with E-state index in [9.17, 15) is 9.59 Å². The normalized spacial score (nSPS) is 10.0. The number of amides is 2. The van der Waals surface area contributed by atoms with E-state index in [1.54, 1.807) is 48.5 Å². The van der Waals surface area contributed by atoms with E-state index in [1.165, 1.54) is 0 Å². The molecule has 0 unspecified atom stereocenters. The summed E-state index contributed by atoms with van der Waals surface area (Å²) in [5.74, 6) is -0.546. The van der Waals surface area contributed by atoms with E-state index in [-0.39, 0.29) is 11.8 Å². The molecule has 0 radical (unpaired) electrons. The van der Waals surface area contributed by atoms with Gasteiger partial charge in [-0.3, -0.25) is 9.59 Å². The maximum atomic E-state index is 12.4. The number of carbonyl (C=O) groups excluding carboxylic acids is 2. The smallest absolute Gasteiger partial charge is 0.255 e. The molecular formula is C23H19N3O2. The first kappa shape index (κ1) is 18.9. The minimum Gasteiger partial charge on any atom is -0.322 e. The lowest BCUT2D eigenvalue weighted by molar-refractivity contribution is 0.101. The molecule has 0 bridgehead atoms. The van der Waals surface area contributed by atoms with Crippen molar-refractivity contribution in [3.63, 3.8) is 0 Å². The molecule has 2 amide bonds. The number of rotatable bonds is 4. The molecule has 0 atom stereocenters. The summed E-state index contributed by atoms with van der Waals surface area (Å²) < 4.78 is 0. The average molecular weight is 369 g/mol. The van der Waals surface area contributed by atoms with Crippen LogP contribution in [0.5, 0.6) is 0 Å². The van der Waals surface area contributed by atoms with Gasteiger partial charge in [0.2, 0.25) is 0 Å². The zero-order valence-corrected chi connectivity index (χ0v) is 15.6. The van der Waals surface area contributed by atoms with Gasteiger partial charge in [0.1, 0.15) is 0 Å². The fourth-order valence-corrected chi connectivity index (χ4v) is 2.89. The van der Waals surface area contributed by atoms with Gasteiger partial charge in [-0.1, -0.05) is 12.1 Å². The fourth-order valence-electron chi connectivity index (χ4n) is 2.89. The Bertz CT molecular complexity index is 1060. The van der Waals surface area contributed by atoms with Crippen LogP contribution in [0.4, 0.5) is 11.4 Å². The van der Waals surface area contributed by atoms with Gasteiger partial charge in [0.15, 0.2) is 0 Å². The Morgan fingerprint density at radius 3 is 1.82 bits per heavy atom. The van der Waals surface area contributed by atoms with E-state index in [0.29, 0.717) is 22.4 Å². The van der Waals surface area contributed by atoms with E-state index in [1.807, 2.05) is 38.1 Å². The lowest BCUT2D eigenvalue weighted by atomic mass is 10.1. The number of anilines is 2. The van der Waals surface area contributed by atoms with Gasteiger partial charge in [0.25, 0.3) is 11.8 Å². The number of benzene rings is 3. The molecule has 0 aliphatic rings. The highest BCUT2D eigenvalue weighted by Crippen LogP contribution is 2.16. The van der Waals surface area contributed by atoms with Crippen LogP contribution < -0.4 is 10.6 Å². The Kier molecular flexibility index (Phi) is 5.52. The monoisotopic (exact) mass is 369 g/mol. The van der Waals surface area contributed by atoms with Crippen molar-refractivity contribution in [2.75, 3.05) is 10.6 Å². The zero-order valence-electron chi connectivity index (χ0n) is 15.6. The second-order valence-electron chi connectivity index (χ2n) is 6.55. The predicted molar refractivity (Wildman–Crippen MR) is 109 cm³/mol. The van der Waals surface area contributed by atoms with Crippen molar-refractivity contribution in [1.82, 2.24) is 0 Å². The lowest BCUT2D eigenvalue weighted by Crippen LogP contribution is -2.14. The third-order valence-corrected chi connectivity index (χ3v) is 4.14. The molecule has 0 aromatic heterocycles. The first-order valence-electron chi connectivity index (χ1n) is 8.76. The molecule has 0 fully saturated rings. The fraction of sp³-hybridized carbons (Fsp3) is 0.0870. The van der Waals surface area contributed by atoms with Crippen LogP contribution >= 0.6 is 0 Å². The Morgan fingerprint density at radius 2 is 1.29 bits per heavy atom. The molecule has 0 aliphatic carbocycles. The van der Waals surface area contributed by atoms with E-state index in [2.05, 4.69) is 10.6 Å². The number of hydrogen-bond donors (Lipinski definition) is 2. The van der Waals surface area contributed by atoms with E-state index < -0.39 is 0 Å². The van der Waals surface area contributed by atoms with Crippen molar-refractivity contribution in [1.29, 1.82) is 5.26 Å². The number of nitrogens with zero attached hydrogens (tertiary/aromatic N) is 1. The Hall–Kier alpha value is -3.91. The largest absolute Gasteiger partial charge is 0.322 e. The van der Waals surface area contributed by atoms with E-state index >= 15 is 0 Å². The summed E-state index contributed by atoms with van der Waals surface area (Å²) in [5.41, 5.74) is 4.77. The van der Waals surface area contributed by atoms with Crippen LogP contribution in [0.2, 0.25) is 0 Å². The highest BCUT2D eigenvalue weighted by molar-refractivity contribution is 6.07. The van der Waals surface area contributed by atoms with Gasteiger partial charge in [-0.2, -0.15) is 5.26 Å². The first-order valence-corrected chi connectivity index (χ1v) is 8.76. The minimum atomic E-state index is -0.309. The Balaban J connectivity index is 1.69. The summed E-state index contributed by atoms with van der Waals surface area (Å²) >= 11 is 0. The van der Waals surface area contributed by atoms with Crippen molar-refractivity contribution >= 4 is 23.2 Å². The topological polar surface area (TPSA) is 82.0 Å². The quantitative estimate of drug-likeness (QED) is 0.700. The van der Waals surface area contributed by atoms with Gasteiger partial charge < -0.3 is 10.6 Å². The third kappa shape index (κ3) is 4.63. The molecule has 0 heterocycles. The van der Waals surface area contributed by atoms with Crippen LogP contribution in [0.15, 0.2) is 66.7 Å². The zero-order chi connectivity index (χ0) is 20.1. The van der Waals surface area contributed by atoms with Crippen molar-refractivity contribution in [2.45, 2.75) is 13.8 Å². The van der Waals surface area contributed by atoms with Gasteiger partial charge in [-0.15, -0.1) is 0 Å². The van der Waals surface area contributed by atoms with E-state index in [0.717, 1.165) is 16.8 Å². The standard InChI is InChI=1S/C23H19N3O2/c1-15-10-16(2)12-21(11-15)26-23(28)19-8-6-18(7-9-19)22(27)25-20-5-3-4-17(13-20)14-24/h3-13H,1-2H3,(H,25,27)(H,26,28). The predicted octanol–water partition coefficient (Wildman–Crippen LogP) is 4.68. The van der Waals surface area contributed by atoms with Crippen LogP contribution in [-0.4, -0.2) is 11.8 Å². The maximum Gasteiger partial charge on any atom is 0.255 e. The molecule has 0 saturated heterocycles. The second kappa shape index (κ2) is 8.19. The molecule has 0 spiro atoms. The van der Waals surface area contributed by atoms with Crippen molar-refractivity contribution < 1.29 is 9.59 Å². The number of nitriles is 1. The third-order valence-electron chi connectivity index (χ3n) is 4.14. The molecule has 138 valence electrons. The lowest BCUT2D eigenvalue weighted by Gasteiger charge is -2.09. The number of aryl methyl sites for hydroxylation is 2. The Labute approximate surface area is 163 Å². The van der Waals surface area contributed by atoms with E-state index in [4.69, 9.17) is 5.26 Å². The molecule has 0 aliphatic heterocycles. The van der Waals surface area contributed by atoms with Gasteiger partial charge >= 0.3 is 0 Å². The van der Waals surface area contributed by atoms with Crippen LogP contribution in [0.25, 0.3) is 0 Å². The van der Waals surface area contributed by atoms with Gasteiger partial charge in [0, 0.05) is 22.5 Å².